The molecule has 0 unspecified atom stereocenters. The number of terminal acetylenes is 1. The number of likely N-dealkylation sites (N-methyl/N-ethyl adjacent to an activating group) is 1. The van der Waals surface area contributed by atoms with Crippen molar-refractivity contribution in [1.82, 2.24) is 30.0 Å². The standard InChI is InChI=1S/C30H30FN7O3/c1-3-22-24(31)9-6-17-11-21(39)12-25(26(17)22)38-29(40)27-23(13-32-38)28(37-14-18-7-8-19(15-37)33-18)35-30(34-27)41-16-20-5-4-10-36(20)2/h1,6,9,11-13,18-20,33,39H,4-5,7-8,10,14-16H2,2H3/t18-,19+,20-/m0/s1/i16D2. The van der Waals surface area contributed by atoms with Crippen LogP contribution in [0.2, 0.25) is 0 Å². The van der Waals surface area contributed by atoms with Gasteiger partial charge in [-0.3, -0.25) is 4.79 Å². The number of ether oxygens (including phenoxy) is 1. The second-order valence-electron chi connectivity index (χ2n) is 11.0. The number of halogens is 1. The van der Waals surface area contributed by atoms with Crippen LogP contribution in [0.4, 0.5) is 10.2 Å². The first-order valence-electron chi connectivity index (χ1n) is 14.8. The van der Waals surface area contributed by atoms with E-state index in [2.05, 4.69) is 31.2 Å². The van der Waals surface area contributed by atoms with E-state index in [0.717, 1.165) is 30.5 Å². The molecule has 0 aliphatic carbocycles. The topological polar surface area (TPSA) is 109 Å². The third-order valence-corrected chi connectivity index (χ3v) is 8.33. The fourth-order valence-corrected chi connectivity index (χ4v) is 6.31. The minimum Gasteiger partial charge on any atom is -0.508 e. The van der Waals surface area contributed by atoms with Crippen molar-refractivity contribution in [3.63, 3.8) is 0 Å². The highest BCUT2D eigenvalue weighted by atomic mass is 19.1. The van der Waals surface area contributed by atoms with Gasteiger partial charge in [0.15, 0.2) is 0 Å². The fraction of sp³-hybridized carbons (Fsp3) is 0.400. The van der Waals surface area contributed by atoms with E-state index < -0.39 is 24.0 Å². The molecular weight excluding hydrogens is 525 g/mol. The third kappa shape index (κ3) is 4.44. The van der Waals surface area contributed by atoms with Crippen molar-refractivity contribution >= 4 is 27.5 Å². The Morgan fingerprint density at radius 3 is 2.78 bits per heavy atom. The number of benzene rings is 2. The quantitative estimate of drug-likeness (QED) is 0.358. The number of rotatable bonds is 5. The summed E-state index contributed by atoms with van der Waals surface area (Å²) < 4.78 is 39.1. The molecule has 2 N–H and O–H groups in total. The predicted octanol–water partition coefficient (Wildman–Crippen LogP) is 2.57. The molecule has 7 rings (SSSR count). The van der Waals surface area contributed by atoms with Crippen LogP contribution in [-0.2, 0) is 0 Å². The van der Waals surface area contributed by atoms with E-state index in [-0.39, 0.29) is 46.0 Å². The Balaban J connectivity index is 1.43. The highest BCUT2D eigenvalue weighted by molar-refractivity contribution is 5.97. The first kappa shape index (κ1) is 23.4. The lowest BCUT2D eigenvalue weighted by atomic mass is 10.0. The maximum atomic E-state index is 14.8. The predicted molar refractivity (Wildman–Crippen MR) is 153 cm³/mol. The van der Waals surface area contributed by atoms with Gasteiger partial charge in [0, 0.05) is 42.7 Å². The molecule has 3 atom stereocenters. The molecule has 210 valence electrons. The summed E-state index contributed by atoms with van der Waals surface area (Å²) in [5.41, 5.74) is -0.715. The van der Waals surface area contributed by atoms with E-state index in [4.69, 9.17) is 13.9 Å². The van der Waals surface area contributed by atoms with Crippen molar-refractivity contribution in [2.24, 2.45) is 0 Å². The van der Waals surface area contributed by atoms with Gasteiger partial charge in [0.05, 0.1) is 25.6 Å². The Kier molecular flexibility index (Phi) is 5.70. The molecular formula is C30H30FN7O3. The van der Waals surface area contributed by atoms with Crippen molar-refractivity contribution in [1.29, 1.82) is 0 Å². The number of aromatic nitrogens is 4. The average molecular weight is 558 g/mol. The number of hydrogen-bond donors (Lipinski definition) is 2. The molecule has 5 heterocycles. The molecule has 3 aliphatic rings. The summed E-state index contributed by atoms with van der Waals surface area (Å²) in [7, 11) is 1.85. The average Bonchev–Trinajstić information content (AvgIpc) is 3.57. The Morgan fingerprint density at radius 1 is 1.24 bits per heavy atom. The van der Waals surface area contributed by atoms with Crippen LogP contribution in [0.15, 0.2) is 35.3 Å². The number of nitrogens with one attached hydrogen (secondary N) is 1. The number of hydrogen-bond acceptors (Lipinski definition) is 9. The zero-order chi connectivity index (χ0) is 30.0. The van der Waals surface area contributed by atoms with Crippen molar-refractivity contribution < 1.29 is 17.0 Å². The van der Waals surface area contributed by atoms with Crippen LogP contribution in [0.1, 0.15) is 34.0 Å². The number of anilines is 1. The number of phenols is 1. The van der Waals surface area contributed by atoms with Gasteiger partial charge >= 0.3 is 6.01 Å². The number of aromatic hydroxyl groups is 1. The summed E-state index contributed by atoms with van der Waals surface area (Å²) >= 11 is 0. The molecule has 4 aromatic rings. The maximum absolute atomic E-state index is 14.8. The van der Waals surface area contributed by atoms with Crippen LogP contribution >= 0.6 is 0 Å². The van der Waals surface area contributed by atoms with Crippen LogP contribution < -0.4 is 20.5 Å². The Hall–Kier alpha value is -4.27. The molecule has 2 bridgehead atoms. The van der Waals surface area contributed by atoms with Crippen LogP contribution in [0.5, 0.6) is 11.8 Å². The van der Waals surface area contributed by atoms with Crippen LogP contribution in [0, 0.1) is 18.2 Å². The monoisotopic (exact) mass is 557 g/mol. The van der Waals surface area contributed by atoms with Gasteiger partial charge in [-0.25, -0.2) is 4.39 Å². The molecule has 0 spiro atoms. The lowest BCUT2D eigenvalue weighted by Gasteiger charge is -2.34. The summed E-state index contributed by atoms with van der Waals surface area (Å²) in [6.45, 7) is -0.0857. The summed E-state index contributed by atoms with van der Waals surface area (Å²) in [6, 6.07) is 5.15. The van der Waals surface area contributed by atoms with Gasteiger partial charge in [-0.15, -0.1) is 6.42 Å². The van der Waals surface area contributed by atoms with Gasteiger partial charge in [-0.2, -0.15) is 19.7 Å². The zero-order valence-electron chi connectivity index (χ0n) is 24.5. The molecule has 3 saturated heterocycles. The molecule has 41 heavy (non-hydrogen) atoms. The summed E-state index contributed by atoms with van der Waals surface area (Å²) in [5, 5.41) is 19.5. The van der Waals surface area contributed by atoms with Gasteiger partial charge < -0.3 is 25.0 Å². The summed E-state index contributed by atoms with van der Waals surface area (Å²) in [5.74, 6) is 1.97. The molecule has 2 aromatic heterocycles. The highest BCUT2D eigenvalue weighted by Crippen LogP contribution is 2.33. The molecule has 0 radical (unpaired) electrons. The lowest BCUT2D eigenvalue weighted by Crippen LogP contribution is -2.51. The van der Waals surface area contributed by atoms with E-state index in [1.165, 1.54) is 30.5 Å². The SMILES string of the molecule is [2H]C([2H])(Oc1nc(N2C[C@H]3CC[C@@H](C2)N3)c2cnn(-c3cc(O)cc4ccc(F)c(C#C)c34)c(=O)c2n1)[C@@H]1CCCN1C. The van der Waals surface area contributed by atoms with Gasteiger partial charge in [0.25, 0.3) is 5.56 Å². The number of phenolic OH excluding ortho intramolecular Hbond substituents is 1. The van der Waals surface area contributed by atoms with Crippen LogP contribution in [-0.4, -0.2) is 81.1 Å². The zero-order valence-corrected chi connectivity index (χ0v) is 22.5. The van der Waals surface area contributed by atoms with Gasteiger partial charge in [-0.1, -0.05) is 12.0 Å². The van der Waals surface area contributed by atoms with E-state index >= 15 is 0 Å². The molecule has 11 heteroatoms. The number of likely N-dealkylation sites (tertiary alicyclic amines) is 1. The number of fused-ring (bicyclic) bond motifs is 4. The number of piperazine rings is 1. The molecule has 10 nitrogen and oxygen atoms in total. The minimum atomic E-state index is -2.12. The van der Waals surface area contributed by atoms with Crippen LogP contribution in [0.3, 0.4) is 0 Å². The van der Waals surface area contributed by atoms with Crippen molar-refractivity contribution in [3.8, 4) is 29.8 Å². The lowest BCUT2D eigenvalue weighted by molar-refractivity contribution is 0.188. The third-order valence-electron chi connectivity index (χ3n) is 8.33. The molecule has 3 fully saturated rings. The van der Waals surface area contributed by atoms with Crippen molar-refractivity contribution in [3.05, 3.63) is 52.2 Å². The van der Waals surface area contributed by atoms with Crippen molar-refractivity contribution in [2.75, 3.05) is 38.1 Å². The van der Waals surface area contributed by atoms with Gasteiger partial charge in [0.1, 0.15) is 29.5 Å². The highest BCUT2D eigenvalue weighted by Gasteiger charge is 2.34. The number of nitrogens with zero attached hydrogens (tertiary/aromatic N) is 6. The second-order valence-corrected chi connectivity index (χ2v) is 11.0. The van der Waals surface area contributed by atoms with Crippen molar-refractivity contribution in [2.45, 2.75) is 43.8 Å². The van der Waals surface area contributed by atoms with Gasteiger partial charge in [-0.05, 0) is 56.8 Å². The molecule has 3 aliphatic heterocycles. The molecule has 0 saturated carbocycles. The van der Waals surface area contributed by atoms with Crippen LogP contribution in [0.25, 0.3) is 27.4 Å². The smallest absolute Gasteiger partial charge is 0.319 e. The van der Waals surface area contributed by atoms with E-state index in [0.29, 0.717) is 36.1 Å². The van der Waals surface area contributed by atoms with E-state index in [1.54, 1.807) is 0 Å². The summed E-state index contributed by atoms with van der Waals surface area (Å²) in [4.78, 5) is 27.2. The minimum absolute atomic E-state index is 0.0494. The fourth-order valence-electron chi connectivity index (χ4n) is 6.31. The largest absolute Gasteiger partial charge is 0.508 e. The Bertz CT molecular complexity index is 1870. The van der Waals surface area contributed by atoms with E-state index in [9.17, 15) is 14.3 Å². The Morgan fingerprint density at radius 2 is 2.05 bits per heavy atom. The summed E-state index contributed by atoms with van der Waals surface area (Å²) in [6.07, 6.45) is 10.6. The molecule has 2 aromatic carbocycles. The second kappa shape index (κ2) is 9.98. The first-order valence-corrected chi connectivity index (χ1v) is 13.8. The maximum Gasteiger partial charge on any atom is 0.319 e. The Labute approximate surface area is 238 Å². The van der Waals surface area contributed by atoms with E-state index in [1.807, 2.05) is 11.9 Å². The molecule has 0 amide bonds. The first-order chi connectivity index (χ1) is 20.6. The normalized spacial score (nSPS) is 23.5. The van der Waals surface area contributed by atoms with Gasteiger partial charge in [0.2, 0.25) is 0 Å².